The molecule has 0 fully saturated rings. The second-order valence-electron chi connectivity index (χ2n) is 4.92. The largest absolute Gasteiger partial charge is 0.334 e. The molecule has 5 nitrogen and oxygen atoms in total. The van der Waals surface area contributed by atoms with Crippen LogP contribution in [-0.4, -0.2) is 27.3 Å². The molecule has 0 atom stereocenters. The number of hydrogen-bond donors (Lipinski definition) is 1. The fraction of sp³-hybridized carbons (Fsp3) is 0.312. The first-order valence-electron chi connectivity index (χ1n) is 6.93. The van der Waals surface area contributed by atoms with E-state index >= 15 is 0 Å². The number of aromatic nitrogens is 2. The summed E-state index contributed by atoms with van der Waals surface area (Å²) in [5, 5.41) is 0. The van der Waals surface area contributed by atoms with Crippen LogP contribution in [0.1, 0.15) is 34.4 Å². The molecule has 1 aromatic carbocycles. The van der Waals surface area contributed by atoms with E-state index in [-0.39, 0.29) is 17.0 Å². The zero-order chi connectivity index (χ0) is 15.4. The Morgan fingerprint density at radius 2 is 1.90 bits per heavy atom. The first-order valence-corrected chi connectivity index (χ1v) is 6.93. The van der Waals surface area contributed by atoms with Crippen LogP contribution in [0, 0.1) is 13.8 Å². The van der Waals surface area contributed by atoms with Crippen LogP contribution in [0.15, 0.2) is 35.1 Å². The summed E-state index contributed by atoms with van der Waals surface area (Å²) >= 11 is 0. The van der Waals surface area contributed by atoms with E-state index in [1.807, 2.05) is 37.3 Å². The van der Waals surface area contributed by atoms with E-state index in [2.05, 4.69) is 9.97 Å². The van der Waals surface area contributed by atoms with Gasteiger partial charge < -0.3 is 9.88 Å². The number of nitrogens with zero attached hydrogens (tertiary/aromatic N) is 2. The lowest BCUT2D eigenvalue weighted by Crippen LogP contribution is -2.35. The van der Waals surface area contributed by atoms with E-state index in [1.54, 1.807) is 18.7 Å². The summed E-state index contributed by atoms with van der Waals surface area (Å²) in [4.78, 5) is 33.0. The average molecular weight is 285 g/mol. The van der Waals surface area contributed by atoms with Crippen molar-refractivity contribution in [2.45, 2.75) is 27.3 Å². The van der Waals surface area contributed by atoms with Gasteiger partial charge in [-0.15, -0.1) is 0 Å². The SMILES string of the molecule is CCN(Cc1ccccc1)C(=O)c1c(C)nc(C)[nH]c1=O. The zero-order valence-corrected chi connectivity index (χ0v) is 12.5. The molecule has 0 spiro atoms. The maximum Gasteiger partial charge on any atom is 0.264 e. The quantitative estimate of drug-likeness (QED) is 0.935. The maximum absolute atomic E-state index is 12.6. The van der Waals surface area contributed by atoms with Crippen molar-refractivity contribution in [3.8, 4) is 0 Å². The van der Waals surface area contributed by atoms with Crippen LogP contribution in [0.5, 0.6) is 0 Å². The van der Waals surface area contributed by atoms with Crippen LogP contribution in [0.4, 0.5) is 0 Å². The van der Waals surface area contributed by atoms with Gasteiger partial charge in [-0.3, -0.25) is 9.59 Å². The van der Waals surface area contributed by atoms with Gasteiger partial charge in [-0.05, 0) is 26.3 Å². The van der Waals surface area contributed by atoms with E-state index < -0.39 is 0 Å². The highest BCUT2D eigenvalue weighted by Gasteiger charge is 2.21. The van der Waals surface area contributed by atoms with Crippen molar-refractivity contribution in [3.05, 3.63) is 63.3 Å². The first-order chi connectivity index (χ1) is 10.0. The van der Waals surface area contributed by atoms with Gasteiger partial charge in [0.1, 0.15) is 11.4 Å². The molecule has 1 N–H and O–H groups in total. The number of amides is 1. The fourth-order valence-electron chi connectivity index (χ4n) is 2.27. The summed E-state index contributed by atoms with van der Waals surface area (Å²) in [7, 11) is 0. The summed E-state index contributed by atoms with van der Waals surface area (Å²) in [5.74, 6) is 0.229. The van der Waals surface area contributed by atoms with Crippen molar-refractivity contribution in [1.29, 1.82) is 0 Å². The number of H-pyrrole nitrogens is 1. The Bertz CT molecular complexity index is 692. The van der Waals surface area contributed by atoms with Gasteiger partial charge in [0.05, 0.1) is 5.69 Å². The van der Waals surface area contributed by atoms with Crippen LogP contribution < -0.4 is 5.56 Å². The predicted molar refractivity (Wildman–Crippen MR) is 81.2 cm³/mol. The predicted octanol–water partition coefficient (Wildman–Crippen LogP) is 2.05. The minimum absolute atomic E-state index is 0.124. The van der Waals surface area contributed by atoms with Crippen molar-refractivity contribution in [2.24, 2.45) is 0 Å². The molecule has 2 aromatic rings. The smallest absolute Gasteiger partial charge is 0.264 e. The minimum Gasteiger partial charge on any atom is -0.334 e. The van der Waals surface area contributed by atoms with Gasteiger partial charge in [0.2, 0.25) is 0 Å². The Labute approximate surface area is 123 Å². The molecule has 0 aliphatic heterocycles. The van der Waals surface area contributed by atoms with Crippen molar-refractivity contribution in [2.75, 3.05) is 6.54 Å². The van der Waals surface area contributed by atoms with Gasteiger partial charge >= 0.3 is 0 Å². The minimum atomic E-state index is -0.378. The maximum atomic E-state index is 12.6. The molecule has 0 saturated carbocycles. The van der Waals surface area contributed by atoms with Crippen molar-refractivity contribution in [1.82, 2.24) is 14.9 Å². The summed E-state index contributed by atoms with van der Waals surface area (Å²) in [6.07, 6.45) is 0. The molecule has 0 aliphatic carbocycles. The van der Waals surface area contributed by atoms with Crippen LogP contribution in [-0.2, 0) is 6.54 Å². The van der Waals surface area contributed by atoms with Gasteiger partial charge in [0.25, 0.3) is 11.5 Å². The molecule has 110 valence electrons. The van der Waals surface area contributed by atoms with E-state index in [9.17, 15) is 9.59 Å². The highest BCUT2D eigenvalue weighted by Crippen LogP contribution is 2.09. The van der Waals surface area contributed by atoms with Crippen molar-refractivity contribution >= 4 is 5.91 Å². The lowest BCUT2D eigenvalue weighted by atomic mass is 10.1. The van der Waals surface area contributed by atoms with Crippen molar-refractivity contribution < 1.29 is 4.79 Å². The van der Waals surface area contributed by atoms with Gasteiger partial charge in [0.15, 0.2) is 0 Å². The topological polar surface area (TPSA) is 66.1 Å². The summed E-state index contributed by atoms with van der Waals surface area (Å²) in [5.41, 5.74) is 1.24. The third-order valence-electron chi connectivity index (χ3n) is 3.32. The van der Waals surface area contributed by atoms with Gasteiger partial charge in [0, 0.05) is 13.1 Å². The number of aromatic amines is 1. The van der Waals surface area contributed by atoms with Crippen LogP contribution >= 0.6 is 0 Å². The zero-order valence-electron chi connectivity index (χ0n) is 12.5. The number of benzene rings is 1. The molecule has 0 bridgehead atoms. The number of hydrogen-bond acceptors (Lipinski definition) is 3. The van der Waals surface area contributed by atoms with Gasteiger partial charge in [-0.1, -0.05) is 30.3 Å². The molecular formula is C16H19N3O2. The molecule has 21 heavy (non-hydrogen) atoms. The molecule has 0 unspecified atom stereocenters. The molecular weight excluding hydrogens is 266 g/mol. The molecule has 0 saturated heterocycles. The second-order valence-corrected chi connectivity index (χ2v) is 4.92. The Balaban J connectivity index is 2.31. The summed E-state index contributed by atoms with van der Waals surface area (Å²) in [6.45, 7) is 6.28. The second kappa shape index (κ2) is 6.35. The van der Waals surface area contributed by atoms with Crippen LogP contribution in [0.3, 0.4) is 0 Å². The third-order valence-corrected chi connectivity index (χ3v) is 3.32. The number of carbonyl (C=O) groups is 1. The lowest BCUT2D eigenvalue weighted by Gasteiger charge is -2.21. The van der Waals surface area contributed by atoms with E-state index in [0.717, 1.165) is 5.56 Å². The third kappa shape index (κ3) is 3.37. The normalized spacial score (nSPS) is 10.4. The van der Waals surface area contributed by atoms with Crippen LogP contribution in [0.25, 0.3) is 0 Å². The first kappa shape index (κ1) is 15.0. The number of nitrogens with one attached hydrogen (secondary N) is 1. The summed E-state index contributed by atoms with van der Waals surface area (Å²) in [6, 6.07) is 9.71. The fourth-order valence-corrected chi connectivity index (χ4v) is 2.27. The van der Waals surface area contributed by atoms with E-state index in [4.69, 9.17) is 0 Å². The van der Waals surface area contributed by atoms with Crippen molar-refractivity contribution in [3.63, 3.8) is 0 Å². The Morgan fingerprint density at radius 1 is 1.24 bits per heavy atom. The molecule has 1 heterocycles. The lowest BCUT2D eigenvalue weighted by molar-refractivity contribution is 0.0749. The molecule has 1 aromatic heterocycles. The Hall–Kier alpha value is -2.43. The van der Waals surface area contributed by atoms with Gasteiger partial charge in [-0.25, -0.2) is 4.98 Å². The van der Waals surface area contributed by atoms with Crippen LogP contribution in [0.2, 0.25) is 0 Å². The molecule has 0 radical (unpaired) electrons. The molecule has 5 heteroatoms. The number of carbonyl (C=O) groups excluding carboxylic acids is 1. The number of aryl methyl sites for hydroxylation is 2. The molecule has 1 amide bonds. The summed E-state index contributed by atoms with van der Waals surface area (Å²) < 4.78 is 0. The number of rotatable bonds is 4. The standard InChI is InChI=1S/C16H19N3O2/c1-4-19(10-13-8-6-5-7-9-13)16(21)14-11(2)17-12(3)18-15(14)20/h5-9H,4,10H2,1-3H3,(H,17,18,20). The van der Waals surface area contributed by atoms with Gasteiger partial charge in [-0.2, -0.15) is 0 Å². The molecule has 0 aliphatic rings. The molecule has 2 rings (SSSR count). The highest BCUT2D eigenvalue weighted by atomic mass is 16.2. The monoisotopic (exact) mass is 285 g/mol. The Kier molecular flexibility index (Phi) is 4.52. The average Bonchev–Trinajstić information content (AvgIpc) is 2.44. The highest BCUT2D eigenvalue weighted by molar-refractivity contribution is 5.94. The van der Waals surface area contributed by atoms with E-state index in [0.29, 0.717) is 24.6 Å². The Morgan fingerprint density at radius 3 is 2.48 bits per heavy atom. The van der Waals surface area contributed by atoms with E-state index in [1.165, 1.54) is 0 Å².